The maximum Gasteiger partial charge on any atom is 0.522 e. The van der Waals surface area contributed by atoms with Crippen molar-refractivity contribution in [1.82, 2.24) is 5.32 Å². The zero-order valence-corrected chi connectivity index (χ0v) is 13.1. The Bertz CT molecular complexity index is 430. The van der Waals surface area contributed by atoms with Crippen LogP contribution in [0, 0.1) is 0 Å². The molecule has 4 nitrogen and oxygen atoms in total. The summed E-state index contributed by atoms with van der Waals surface area (Å²) in [5.74, 6) is 0.522. The van der Waals surface area contributed by atoms with E-state index in [1.165, 1.54) is 0 Å². The van der Waals surface area contributed by atoms with Gasteiger partial charge in [-0.15, -0.1) is 13.2 Å². The molecule has 1 N–H and O–H groups in total. The van der Waals surface area contributed by atoms with Gasteiger partial charge in [0.1, 0.15) is 12.4 Å². The number of benzene rings is 1. The second-order valence-electron chi connectivity index (χ2n) is 4.06. The number of ether oxygens (including phenoxy) is 3. The van der Waals surface area contributed by atoms with E-state index in [0.29, 0.717) is 25.4 Å². The zero-order valence-electron chi connectivity index (χ0n) is 11.5. The number of rotatable bonds is 9. The highest BCUT2D eigenvalue weighted by molar-refractivity contribution is 9.10. The highest BCUT2D eigenvalue weighted by Crippen LogP contribution is 2.23. The molecule has 0 saturated carbocycles. The average Bonchev–Trinajstić information content (AvgIpc) is 2.40. The van der Waals surface area contributed by atoms with E-state index in [1.54, 1.807) is 19.2 Å². The summed E-state index contributed by atoms with van der Waals surface area (Å²) in [6, 6.07) is 5.31. The van der Waals surface area contributed by atoms with Crippen LogP contribution >= 0.6 is 15.9 Å². The molecule has 1 aromatic rings. The van der Waals surface area contributed by atoms with Crippen LogP contribution in [0.2, 0.25) is 0 Å². The summed E-state index contributed by atoms with van der Waals surface area (Å²) in [5, 5.41) is 3.15. The van der Waals surface area contributed by atoms with Crippen LogP contribution in [0.25, 0.3) is 0 Å². The predicted molar refractivity (Wildman–Crippen MR) is 75.2 cm³/mol. The SMILES string of the molecule is COCCNCc1cc(Br)ccc1OCCOC(F)(F)F. The predicted octanol–water partition coefficient (Wildman–Crippen LogP) is 3.10. The maximum absolute atomic E-state index is 11.8. The Kier molecular flexibility index (Phi) is 8.02. The Hall–Kier alpha value is -0.830. The standard InChI is InChI=1S/C13H17BrF3NO3/c1-19-5-4-18-9-10-8-11(14)2-3-12(10)20-6-7-21-13(15,16)17/h2-3,8,18H,4-7,9H2,1H3. The lowest BCUT2D eigenvalue weighted by Gasteiger charge is -2.13. The summed E-state index contributed by atoms with van der Waals surface area (Å²) in [5.41, 5.74) is 0.840. The number of halogens is 4. The normalized spacial score (nSPS) is 11.7. The first kappa shape index (κ1) is 18.2. The van der Waals surface area contributed by atoms with E-state index in [9.17, 15) is 13.2 Å². The summed E-state index contributed by atoms with van der Waals surface area (Å²) in [4.78, 5) is 0. The minimum absolute atomic E-state index is 0.174. The van der Waals surface area contributed by atoms with Crippen LogP contribution in [0.4, 0.5) is 13.2 Å². The van der Waals surface area contributed by atoms with Crippen molar-refractivity contribution in [2.24, 2.45) is 0 Å². The zero-order chi connectivity index (χ0) is 15.7. The van der Waals surface area contributed by atoms with Crippen molar-refractivity contribution in [1.29, 1.82) is 0 Å². The van der Waals surface area contributed by atoms with Crippen LogP contribution in [0.5, 0.6) is 5.75 Å². The van der Waals surface area contributed by atoms with Crippen LogP contribution in [0.1, 0.15) is 5.56 Å². The molecule has 0 aliphatic rings. The molecular formula is C13H17BrF3NO3. The highest BCUT2D eigenvalue weighted by atomic mass is 79.9. The first-order valence-corrected chi connectivity index (χ1v) is 7.03. The Morgan fingerprint density at radius 2 is 1.95 bits per heavy atom. The van der Waals surface area contributed by atoms with Gasteiger partial charge in [-0.05, 0) is 18.2 Å². The van der Waals surface area contributed by atoms with E-state index in [-0.39, 0.29) is 6.61 Å². The van der Waals surface area contributed by atoms with Crippen LogP contribution in [-0.4, -0.2) is 39.8 Å². The molecule has 0 bridgehead atoms. The van der Waals surface area contributed by atoms with Crippen molar-refractivity contribution < 1.29 is 27.4 Å². The van der Waals surface area contributed by atoms with Crippen molar-refractivity contribution in [3.05, 3.63) is 28.2 Å². The summed E-state index contributed by atoms with van der Waals surface area (Å²) in [6.07, 6.45) is -4.63. The van der Waals surface area contributed by atoms with Gasteiger partial charge in [-0.3, -0.25) is 4.74 Å². The van der Waals surface area contributed by atoms with Gasteiger partial charge in [0.25, 0.3) is 0 Å². The molecule has 0 fully saturated rings. The summed E-state index contributed by atoms with van der Waals surface area (Å²) in [7, 11) is 1.61. The Balaban J connectivity index is 2.48. The molecule has 0 radical (unpaired) electrons. The number of hydrogen-bond acceptors (Lipinski definition) is 4. The molecule has 0 heterocycles. The van der Waals surface area contributed by atoms with Crippen LogP contribution in [0.15, 0.2) is 22.7 Å². The smallest absolute Gasteiger partial charge is 0.491 e. The van der Waals surface area contributed by atoms with E-state index in [0.717, 1.165) is 10.0 Å². The van der Waals surface area contributed by atoms with Gasteiger partial charge in [-0.25, -0.2) is 0 Å². The molecule has 120 valence electrons. The van der Waals surface area contributed by atoms with Gasteiger partial charge in [0.15, 0.2) is 0 Å². The maximum atomic E-state index is 11.8. The summed E-state index contributed by atoms with van der Waals surface area (Å²) >= 11 is 3.35. The largest absolute Gasteiger partial charge is 0.522 e. The minimum Gasteiger partial charge on any atom is -0.491 e. The van der Waals surface area contributed by atoms with Crippen molar-refractivity contribution in [3.8, 4) is 5.75 Å². The Labute approximate surface area is 129 Å². The lowest BCUT2D eigenvalue weighted by atomic mass is 10.2. The minimum atomic E-state index is -4.63. The van der Waals surface area contributed by atoms with Gasteiger partial charge in [0.05, 0.1) is 13.2 Å². The molecule has 0 spiro atoms. The van der Waals surface area contributed by atoms with E-state index in [4.69, 9.17) is 9.47 Å². The lowest BCUT2D eigenvalue weighted by molar-refractivity contribution is -0.325. The van der Waals surface area contributed by atoms with Gasteiger partial charge in [-0.2, -0.15) is 0 Å². The third kappa shape index (κ3) is 8.25. The van der Waals surface area contributed by atoms with Gasteiger partial charge in [0, 0.05) is 30.2 Å². The Morgan fingerprint density at radius 3 is 2.62 bits per heavy atom. The van der Waals surface area contributed by atoms with E-state index >= 15 is 0 Å². The molecule has 1 rings (SSSR count). The second kappa shape index (κ2) is 9.24. The fourth-order valence-corrected chi connectivity index (χ4v) is 1.94. The van der Waals surface area contributed by atoms with Gasteiger partial charge in [0.2, 0.25) is 0 Å². The van der Waals surface area contributed by atoms with Crippen molar-refractivity contribution in [2.45, 2.75) is 12.9 Å². The molecule has 0 unspecified atom stereocenters. The average molecular weight is 372 g/mol. The Morgan fingerprint density at radius 1 is 1.19 bits per heavy atom. The van der Waals surface area contributed by atoms with Crippen LogP contribution < -0.4 is 10.1 Å². The quantitative estimate of drug-likeness (QED) is 0.677. The highest BCUT2D eigenvalue weighted by Gasteiger charge is 2.28. The van der Waals surface area contributed by atoms with Gasteiger partial charge < -0.3 is 14.8 Å². The van der Waals surface area contributed by atoms with E-state index in [1.807, 2.05) is 6.07 Å². The third-order valence-electron chi connectivity index (χ3n) is 2.43. The number of nitrogens with one attached hydrogen (secondary N) is 1. The fourth-order valence-electron chi connectivity index (χ4n) is 1.53. The van der Waals surface area contributed by atoms with E-state index in [2.05, 4.69) is 26.0 Å². The number of hydrogen-bond donors (Lipinski definition) is 1. The molecule has 0 amide bonds. The topological polar surface area (TPSA) is 39.7 Å². The van der Waals surface area contributed by atoms with Crippen molar-refractivity contribution in [3.63, 3.8) is 0 Å². The molecule has 0 aliphatic carbocycles. The van der Waals surface area contributed by atoms with Crippen LogP contribution in [-0.2, 0) is 16.0 Å². The fraction of sp³-hybridized carbons (Fsp3) is 0.538. The molecule has 8 heteroatoms. The summed E-state index contributed by atoms with van der Waals surface area (Å²) in [6.45, 7) is 1.05. The molecule has 21 heavy (non-hydrogen) atoms. The molecule has 0 atom stereocenters. The number of alkyl halides is 3. The molecule has 1 aromatic carbocycles. The third-order valence-corrected chi connectivity index (χ3v) is 2.92. The van der Waals surface area contributed by atoms with Gasteiger partial charge in [-0.1, -0.05) is 15.9 Å². The monoisotopic (exact) mass is 371 g/mol. The van der Waals surface area contributed by atoms with Gasteiger partial charge >= 0.3 is 6.36 Å². The van der Waals surface area contributed by atoms with Crippen molar-refractivity contribution in [2.75, 3.05) is 33.5 Å². The molecule has 0 saturated heterocycles. The molecule has 0 aromatic heterocycles. The second-order valence-corrected chi connectivity index (χ2v) is 4.98. The van der Waals surface area contributed by atoms with Crippen molar-refractivity contribution >= 4 is 15.9 Å². The summed E-state index contributed by atoms with van der Waals surface area (Å²) < 4.78 is 50.3. The molecule has 0 aliphatic heterocycles. The number of methoxy groups -OCH3 is 1. The molecular weight excluding hydrogens is 355 g/mol. The van der Waals surface area contributed by atoms with E-state index < -0.39 is 13.0 Å². The first-order valence-electron chi connectivity index (χ1n) is 6.24. The van der Waals surface area contributed by atoms with Crippen LogP contribution in [0.3, 0.4) is 0 Å². The first-order chi connectivity index (χ1) is 9.92. The lowest BCUT2D eigenvalue weighted by Crippen LogP contribution is -2.20.